The standard InChI is InChI=1S/C50H62N14O11/c1-28(65)59-38(21-30-13-15-33(66)16-14-30)47(73)61-37(17-18-43(68)69)46(72)64-41(23-32-25-54-27-58-32)49(75)62-39(20-29-8-3-2-4-9-29)48(74)60-36(12-7-19-55-50(52)53)45(71)63-40(44(70)57-26-42(51)67)22-31-24-56-35-11-6-5-10-34(31)35/h2-6,8-11,13-16,24-25,27,36-41,56,66H,7,12,17-23,26H2,1H3,(H2,51,67)(H,54,58)(H,57,70)(H,59,65)(H,60,74)(H,61,73)(H,62,75)(H,63,71)(H,64,72)(H,68,69)(H4,52,53,55)/t36-,37-,38-,39-,40-,41-/m0/s1. The summed E-state index contributed by atoms with van der Waals surface area (Å²) in [5.74, 6) is -8.16. The van der Waals surface area contributed by atoms with Gasteiger partial charge >= 0.3 is 5.97 Å². The van der Waals surface area contributed by atoms with Gasteiger partial charge in [-0.05, 0) is 54.2 Å². The number of para-hydroxylation sites is 1. The van der Waals surface area contributed by atoms with E-state index < -0.39 is 109 Å². The van der Waals surface area contributed by atoms with Crippen LogP contribution in [0.2, 0.25) is 0 Å². The highest BCUT2D eigenvalue weighted by Crippen LogP contribution is 2.20. The number of carbonyl (C=O) groups is 9. The number of imidazole rings is 1. The largest absolute Gasteiger partial charge is 0.508 e. The third-order valence-electron chi connectivity index (χ3n) is 11.6. The maximum atomic E-state index is 14.6. The minimum Gasteiger partial charge on any atom is -0.508 e. The van der Waals surface area contributed by atoms with Gasteiger partial charge in [0.15, 0.2) is 5.96 Å². The Morgan fingerprint density at radius 1 is 0.613 bits per heavy atom. The van der Waals surface area contributed by atoms with Crippen LogP contribution in [0.4, 0.5) is 0 Å². The van der Waals surface area contributed by atoms with Crippen LogP contribution < -0.4 is 54.4 Å². The molecule has 0 spiro atoms. The first-order valence-corrected chi connectivity index (χ1v) is 23.8. The number of carbonyl (C=O) groups excluding carboxylic acids is 8. The second-order valence-corrected chi connectivity index (χ2v) is 17.5. The van der Waals surface area contributed by atoms with E-state index in [0.717, 1.165) is 10.9 Å². The number of H-pyrrole nitrogens is 2. The molecule has 25 heteroatoms. The number of aromatic nitrogens is 3. The molecule has 3 aromatic carbocycles. The zero-order valence-electron chi connectivity index (χ0n) is 41.0. The fraction of sp³-hybridized carbons (Fsp3) is 0.340. The van der Waals surface area contributed by atoms with Crippen LogP contribution in [0.15, 0.2) is 103 Å². The topological polar surface area (TPSA) is 413 Å². The van der Waals surface area contributed by atoms with Crippen molar-refractivity contribution in [2.45, 2.75) is 94.5 Å². The number of nitrogens with two attached hydrogens (primary N) is 3. The first-order valence-electron chi connectivity index (χ1n) is 23.8. The monoisotopic (exact) mass is 1030 g/mol. The molecule has 75 heavy (non-hydrogen) atoms. The number of carboxylic acids is 1. The highest BCUT2D eigenvalue weighted by Gasteiger charge is 2.34. The van der Waals surface area contributed by atoms with Crippen LogP contribution in [-0.4, -0.2) is 134 Å². The number of fused-ring (bicyclic) bond motifs is 1. The fourth-order valence-corrected chi connectivity index (χ4v) is 7.90. The molecule has 0 aliphatic carbocycles. The Morgan fingerprint density at radius 2 is 1.15 bits per heavy atom. The van der Waals surface area contributed by atoms with E-state index in [1.54, 1.807) is 42.6 Å². The Labute approximate surface area is 430 Å². The highest BCUT2D eigenvalue weighted by molar-refractivity contribution is 5.98. The molecule has 0 fully saturated rings. The van der Waals surface area contributed by atoms with E-state index >= 15 is 0 Å². The van der Waals surface area contributed by atoms with Crippen molar-refractivity contribution in [3.63, 3.8) is 0 Å². The zero-order chi connectivity index (χ0) is 54.4. The average Bonchev–Trinajstić information content (AvgIpc) is 4.05. The summed E-state index contributed by atoms with van der Waals surface area (Å²) in [4.78, 5) is 135. The SMILES string of the molecule is CC(=O)N[C@@H](Cc1ccc(O)cc1)C(=O)N[C@@H](CCC(=O)O)C(=O)N[C@@H](Cc1cnc[nH]1)C(=O)N[C@@H](Cc1ccccc1)C(=O)N[C@@H](CCCN=C(N)N)C(=O)N[C@@H](Cc1c[nH]c2ccccc12)C(=O)NCC(N)=O. The maximum Gasteiger partial charge on any atom is 0.303 e. The smallest absolute Gasteiger partial charge is 0.303 e. The minimum atomic E-state index is -1.57. The lowest BCUT2D eigenvalue weighted by atomic mass is 10.0. The Balaban J connectivity index is 1.42. The van der Waals surface area contributed by atoms with Gasteiger partial charge in [0.25, 0.3) is 0 Å². The Hall–Kier alpha value is -9.29. The number of phenolic OH excluding ortho intramolecular Hbond substituents is 1. The lowest BCUT2D eigenvalue weighted by Crippen LogP contribution is -2.60. The first-order chi connectivity index (χ1) is 35.8. The molecule has 2 aromatic heterocycles. The predicted molar refractivity (Wildman–Crippen MR) is 272 cm³/mol. The number of amides is 8. The molecule has 398 valence electrons. The molecule has 17 N–H and O–H groups in total. The van der Waals surface area contributed by atoms with Crippen LogP contribution in [0, 0.1) is 0 Å². The van der Waals surface area contributed by atoms with Crippen molar-refractivity contribution in [2.24, 2.45) is 22.2 Å². The van der Waals surface area contributed by atoms with Gasteiger partial charge in [-0.25, -0.2) is 4.98 Å². The highest BCUT2D eigenvalue weighted by atomic mass is 16.4. The van der Waals surface area contributed by atoms with Crippen LogP contribution >= 0.6 is 0 Å². The lowest BCUT2D eigenvalue weighted by Gasteiger charge is -2.28. The van der Waals surface area contributed by atoms with Gasteiger partial charge in [-0.3, -0.25) is 48.1 Å². The number of hydrogen-bond acceptors (Lipinski definition) is 12. The van der Waals surface area contributed by atoms with Crippen molar-refractivity contribution in [1.82, 2.24) is 52.2 Å². The number of aliphatic carboxylic acids is 1. The number of phenols is 1. The second-order valence-electron chi connectivity index (χ2n) is 17.5. The lowest BCUT2D eigenvalue weighted by molar-refractivity contribution is -0.138. The van der Waals surface area contributed by atoms with Crippen LogP contribution in [0.5, 0.6) is 5.75 Å². The number of nitrogens with zero attached hydrogens (tertiary/aromatic N) is 2. The van der Waals surface area contributed by atoms with Crippen molar-refractivity contribution >= 4 is 70.1 Å². The fourth-order valence-electron chi connectivity index (χ4n) is 7.90. The normalized spacial score (nSPS) is 13.3. The molecule has 0 bridgehead atoms. The number of aromatic hydroxyl groups is 1. The number of hydrogen-bond donors (Lipinski definition) is 14. The second kappa shape index (κ2) is 28.1. The molecule has 5 aromatic rings. The molecule has 25 nitrogen and oxygen atoms in total. The van der Waals surface area contributed by atoms with Gasteiger partial charge in [0.05, 0.1) is 12.9 Å². The van der Waals surface area contributed by atoms with Crippen molar-refractivity contribution in [2.75, 3.05) is 13.1 Å². The van der Waals surface area contributed by atoms with Crippen LogP contribution in [0.1, 0.15) is 55.0 Å². The molecular weight excluding hydrogens is 973 g/mol. The van der Waals surface area contributed by atoms with Crippen molar-refractivity contribution in [3.8, 4) is 5.75 Å². The van der Waals surface area contributed by atoms with E-state index in [0.29, 0.717) is 22.4 Å². The Kier molecular flexibility index (Phi) is 21.2. The average molecular weight is 1040 g/mol. The van der Waals surface area contributed by atoms with E-state index in [-0.39, 0.29) is 56.8 Å². The van der Waals surface area contributed by atoms with Crippen LogP contribution in [-0.2, 0) is 68.8 Å². The number of aliphatic imine (C=N–C) groups is 1. The molecule has 5 rings (SSSR count). The van der Waals surface area contributed by atoms with Gasteiger partial charge in [-0.15, -0.1) is 0 Å². The molecule has 8 amide bonds. The third kappa shape index (κ3) is 18.7. The van der Waals surface area contributed by atoms with E-state index in [9.17, 15) is 53.4 Å². The summed E-state index contributed by atoms with van der Waals surface area (Å²) in [6, 6.07) is 13.2. The van der Waals surface area contributed by atoms with E-state index in [1.165, 1.54) is 43.7 Å². The van der Waals surface area contributed by atoms with Crippen LogP contribution in [0.3, 0.4) is 0 Å². The number of primary amides is 1. The van der Waals surface area contributed by atoms with E-state index in [1.807, 2.05) is 18.2 Å². The molecule has 0 aliphatic rings. The van der Waals surface area contributed by atoms with Crippen molar-refractivity contribution in [3.05, 3.63) is 120 Å². The Bertz CT molecular complexity index is 2800. The van der Waals surface area contributed by atoms with E-state index in [2.05, 4.69) is 57.2 Å². The van der Waals surface area contributed by atoms with Crippen molar-refractivity contribution in [1.29, 1.82) is 0 Å². The van der Waals surface area contributed by atoms with Gasteiger partial charge in [-0.2, -0.15) is 0 Å². The van der Waals surface area contributed by atoms with Gasteiger partial charge in [-0.1, -0.05) is 60.7 Å². The summed E-state index contributed by atoms with van der Waals surface area (Å²) < 4.78 is 0. The molecule has 0 radical (unpaired) electrons. The van der Waals surface area contributed by atoms with Gasteiger partial charge in [0, 0.05) is 74.6 Å². The van der Waals surface area contributed by atoms with Gasteiger partial charge in [0.1, 0.15) is 42.0 Å². The molecule has 0 saturated heterocycles. The van der Waals surface area contributed by atoms with E-state index in [4.69, 9.17) is 17.2 Å². The first kappa shape index (κ1) is 56.6. The summed E-state index contributed by atoms with van der Waals surface area (Å²) in [6.45, 7) is 0.692. The minimum absolute atomic E-state index is 0.0391. The summed E-state index contributed by atoms with van der Waals surface area (Å²) in [5.41, 5.74) is 19.3. The quantitative estimate of drug-likeness (QED) is 0.0145. The number of aromatic amines is 2. The maximum absolute atomic E-state index is 14.6. The van der Waals surface area contributed by atoms with Crippen LogP contribution in [0.25, 0.3) is 10.9 Å². The predicted octanol–water partition coefficient (Wildman–Crippen LogP) is -1.68. The third-order valence-corrected chi connectivity index (χ3v) is 11.6. The summed E-state index contributed by atoms with van der Waals surface area (Å²) >= 11 is 0. The zero-order valence-corrected chi connectivity index (χ0v) is 41.0. The number of nitrogens with one attached hydrogen (secondary N) is 9. The molecule has 6 atom stereocenters. The Morgan fingerprint density at radius 3 is 1.72 bits per heavy atom. The number of carboxylic acid groups (broad SMARTS) is 1. The van der Waals surface area contributed by atoms with Gasteiger partial charge < -0.3 is 74.6 Å². The number of benzene rings is 3. The summed E-state index contributed by atoms with van der Waals surface area (Å²) in [6.07, 6.45) is 2.88. The molecule has 0 unspecified atom stereocenters. The van der Waals surface area contributed by atoms with Crippen molar-refractivity contribution < 1.29 is 53.4 Å². The summed E-state index contributed by atoms with van der Waals surface area (Å²) in [7, 11) is 0. The summed E-state index contributed by atoms with van der Waals surface area (Å²) in [5, 5.41) is 38.3. The molecule has 2 heterocycles. The van der Waals surface area contributed by atoms with Gasteiger partial charge in [0.2, 0.25) is 47.3 Å². The number of guanidine groups is 1. The molecular formula is C50H62N14O11. The molecule has 0 saturated carbocycles. The number of rotatable bonds is 29. The molecule has 0 aliphatic heterocycles.